The molecular formula is C9H10N4O3. The molecule has 0 atom stereocenters. The van der Waals surface area contributed by atoms with Gasteiger partial charge in [0.1, 0.15) is 0 Å². The van der Waals surface area contributed by atoms with E-state index >= 15 is 0 Å². The third-order valence-electron chi connectivity index (χ3n) is 1.67. The van der Waals surface area contributed by atoms with Crippen LogP contribution in [0.15, 0.2) is 29.4 Å². The van der Waals surface area contributed by atoms with Crippen molar-refractivity contribution in [1.29, 1.82) is 0 Å². The summed E-state index contributed by atoms with van der Waals surface area (Å²) < 4.78 is 0. The average molecular weight is 222 g/mol. The predicted molar refractivity (Wildman–Crippen MR) is 56.9 cm³/mol. The number of hydrogen-bond donors (Lipinski definition) is 4. The molecule has 7 heteroatoms. The lowest BCUT2D eigenvalue weighted by atomic mass is 10.1. The molecule has 2 amide bonds. The van der Waals surface area contributed by atoms with Crippen LogP contribution in [0.1, 0.15) is 15.9 Å². The first-order valence-electron chi connectivity index (χ1n) is 4.26. The second-order valence-electron chi connectivity index (χ2n) is 2.77. The summed E-state index contributed by atoms with van der Waals surface area (Å²) in [4.78, 5) is 21.1. The Hall–Kier alpha value is -2.41. The van der Waals surface area contributed by atoms with Crippen LogP contribution < -0.4 is 16.7 Å². The first-order valence-corrected chi connectivity index (χ1v) is 4.26. The van der Waals surface area contributed by atoms with Crippen LogP contribution in [0.2, 0.25) is 0 Å². The number of nitrogens with two attached hydrogens (primary N) is 1. The van der Waals surface area contributed by atoms with Crippen LogP contribution >= 0.6 is 0 Å². The second kappa shape index (κ2) is 5.47. The number of hydrazine groups is 1. The monoisotopic (exact) mass is 222 g/mol. The standard InChI is InChI=1S/C9H10N4O3/c10-12-9(16)13-11-5-6-1-3-7(4-2-6)8(14)15/h1-5H,10H2,(H,14,15)(H2,12,13,16)/b11-5+. The maximum atomic E-state index is 10.6. The molecule has 16 heavy (non-hydrogen) atoms. The number of carboxylic acids is 1. The van der Waals surface area contributed by atoms with Crippen molar-refractivity contribution >= 4 is 18.2 Å². The maximum absolute atomic E-state index is 10.6. The average Bonchev–Trinajstić information content (AvgIpc) is 2.29. The van der Waals surface area contributed by atoms with Gasteiger partial charge in [0.25, 0.3) is 0 Å². The van der Waals surface area contributed by atoms with Crippen molar-refractivity contribution in [2.45, 2.75) is 0 Å². The predicted octanol–water partition coefficient (Wildman–Crippen LogP) is -0.108. The number of aromatic carboxylic acids is 1. The van der Waals surface area contributed by atoms with Crippen molar-refractivity contribution in [2.75, 3.05) is 0 Å². The number of carbonyl (C=O) groups excluding carboxylic acids is 1. The zero-order valence-electron chi connectivity index (χ0n) is 8.18. The van der Waals surface area contributed by atoms with Crippen molar-refractivity contribution in [1.82, 2.24) is 10.9 Å². The lowest BCUT2D eigenvalue weighted by Gasteiger charge is -1.97. The summed E-state index contributed by atoms with van der Waals surface area (Å²) in [6.07, 6.45) is 1.36. The van der Waals surface area contributed by atoms with Crippen molar-refractivity contribution in [3.63, 3.8) is 0 Å². The fourth-order valence-corrected chi connectivity index (χ4v) is 0.909. The number of rotatable bonds is 3. The SMILES string of the molecule is NNC(=O)N/N=C/c1ccc(C(=O)O)cc1. The molecule has 0 aromatic heterocycles. The molecule has 0 radical (unpaired) electrons. The van der Waals surface area contributed by atoms with Gasteiger partial charge in [-0.3, -0.25) is 5.43 Å². The Morgan fingerprint density at radius 3 is 2.44 bits per heavy atom. The molecule has 5 N–H and O–H groups in total. The van der Waals surface area contributed by atoms with Gasteiger partial charge in [0.05, 0.1) is 11.8 Å². The van der Waals surface area contributed by atoms with Gasteiger partial charge in [0, 0.05) is 0 Å². The number of hydrazone groups is 1. The zero-order valence-corrected chi connectivity index (χ0v) is 8.18. The van der Waals surface area contributed by atoms with Gasteiger partial charge in [-0.15, -0.1) is 0 Å². The molecule has 0 fully saturated rings. The number of urea groups is 1. The molecule has 0 aliphatic rings. The van der Waals surface area contributed by atoms with Gasteiger partial charge in [0.2, 0.25) is 0 Å². The molecule has 1 rings (SSSR count). The van der Waals surface area contributed by atoms with Crippen LogP contribution in [-0.4, -0.2) is 23.3 Å². The highest BCUT2D eigenvalue weighted by molar-refractivity contribution is 5.89. The minimum absolute atomic E-state index is 0.185. The number of nitrogens with zero attached hydrogens (tertiary/aromatic N) is 1. The molecule has 1 aromatic carbocycles. The van der Waals surface area contributed by atoms with Gasteiger partial charge in [-0.1, -0.05) is 12.1 Å². The molecule has 0 aliphatic heterocycles. The number of nitrogens with one attached hydrogen (secondary N) is 2. The summed E-state index contributed by atoms with van der Waals surface area (Å²) in [5.41, 5.74) is 4.77. The van der Waals surface area contributed by atoms with E-state index in [0.29, 0.717) is 5.56 Å². The van der Waals surface area contributed by atoms with Crippen LogP contribution in [-0.2, 0) is 0 Å². The van der Waals surface area contributed by atoms with E-state index in [2.05, 4.69) is 10.5 Å². The van der Waals surface area contributed by atoms with Crippen molar-refractivity contribution in [3.05, 3.63) is 35.4 Å². The zero-order chi connectivity index (χ0) is 12.0. The normalized spacial score (nSPS) is 10.1. The first-order chi connectivity index (χ1) is 7.63. The van der Waals surface area contributed by atoms with Gasteiger partial charge >= 0.3 is 12.0 Å². The second-order valence-corrected chi connectivity index (χ2v) is 2.77. The summed E-state index contributed by atoms with van der Waals surface area (Å²) >= 11 is 0. The summed E-state index contributed by atoms with van der Waals surface area (Å²) in [7, 11) is 0. The maximum Gasteiger partial charge on any atom is 0.349 e. The third-order valence-corrected chi connectivity index (χ3v) is 1.67. The van der Waals surface area contributed by atoms with Crippen LogP contribution in [0.3, 0.4) is 0 Å². The fourth-order valence-electron chi connectivity index (χ4n) is 0.909. The number of carbonyl (C=O) groups is 2. The summed E-state index contributed by atoms with van der Waals surface area (Å²) in [6.45, 7) is 0. The summed E-state index contributed by atoms with van der Waals surface area (Å²) in [6, 6.07) is 5.36. The van der Waals surface area contributed by atoms with E-state index in [1.807, 2.05) is 5.43 Å². The lowest BCUT2D eigenvalue weighted by molar-refractivity contribution is 0.0697. The van der Waals surface area contributed by atoms with Gasteiger partial charge in [-0.05, 0) is 17.7 Å². The highest BCUT2D eigenvalue weighted by Crippen LogP contribution is 2.01. The molecule has 7 nitrogen and oxygen atoms in total. The van der Waals surface area contributed by atoms with E-state index in [1.54, 1.807) is 12.1 Å². The van der Waals surface area contributed by atoms with E-state index in [0.717, 1.165) is 0 Å². The topological polar surface area (TPSA) is 117 Å². The summed E-state index contributed by atoms with van der Waals surface area (Å²) in [5, 5.41) is 12.2. The molecule has 0 aliphatic carbocycles. The molecule has 0 unspecified atom stereocenters. The molecule has 0 spiro atoms. The van der Waals surface area contributed by atoms with Gasteiger partial charge in [-0.25, -0.2) is 20.9 Å². The Morgan fingerprint density at radius 1 is 1.31 bits per heavy atom. The minimum atomic E-state index is -0.996. The molecular weight excluding hydrogens is 212 g/mol. The van der Waals surface area contributed by atoms with Crippen LogP contribution in [0, 0.1) is 0 Å². The highest BCUT2D eigenvalue weighted by Gasteiger charge is 2.00. The third kappa shape index (κ3) is 3.39. The first kappa shape index (κ1) is 11.7. The summed E-state index contributed by atoms with van der Waals surface area (Å²) in [5.74, 6) is 3.81. The Balaban J connectivity index is 2.61. The Labute approximate surface area is 90.9 Å². The van der Waals surface area contributed by atoms with Crippen molar-refractivity contribution < 1.29 is 14.7 Å². The molecule has 0 heterocycles. The van der Waals surface area contributed by atoms with Crippen LogP contribution in [0.5, 0.6) is 0 Å². The Kier molecular flexibility index (Phi) is 3.98. The van der Waals surface area contributed by atoms with E-state index in [-0.39, 0.29) is 5.56 Å². The van der Waals surface area contributed by atoms with Gasteiger partial charge in [-0.2, -0.15) is 5.10 Å². The number of hydrogen-bond acceptors (Lipinski definition) is 4. The van der Waals surface area contributed by atoms with E-state index in [4.69, 9.17) is 10.9 Å². The number of amides is 2. The van der Waals surface area contributed by atoms with Crippen molar-refractivity contribution in [2.24, 2.45) is 10.9 Å². The number of benzene rings is 1. The van der Waals surface area contributed by atoms with Gasteiger partial charge in [0.15, 0.2) is 0 Å². The van der Waals surface area contributed by atoms with E-state index in [9.17, 15) is 9.59 Å². The fraction of sp³-hybridized carbons (Fsp3) is 0. The lowest BCUT2D eigenvalue weighted by Crippen LogP contribution is -2.37. The minimum Gasteiger partial charge on any atom is -0.478 e. The van der Waals surface area contributed by atoms with Crippen molar-refractivity contribution in [3.8, 4) is 0 Å². The van der Waals surface area contributed by atoms with E-state index in [1.165, 1.54) is 18.3 Å². The highest BCUT2D eigenvalue weighted by atomic mass is 16.4. The Bertz CT molecular complexity index is 413. The molecule has 84 valence electrons. The molecule has 0 saturated carbocycles. The molecule has 1 aromatic rings. The van der Waals surface area contributed by atoms with Crippen LogP contribution in [0.4, 0.5) is 4.79 Å². The number of carboxylic acid groups (broad SMARTS) is 1. The smallest absolute Gasteiger partial charge is 0.349 e. The quantitative estimate of drug-likeness (QED) is 0.247. The Morgan fingerprint density at radius 2 is 1.94 bits per heavy atom. The van der Waals surface area contributed by atoms with Crippen LogP contribution in [0.25, 0.3) is 0 Å². The largest absolute Gasteiger partial charge is 0.478 e. The molecule has 0 bridgehead atoms. The van der Waals surface area contributed by atoms with E-state index < -0.39 is 12.0 Å². The molecule has 0 saturated heterocycles. The van der Waals surface area contributed by atoms with Gasteiger partial charge < -0.3 is 5.11 Å².